The molecule has 0 fully saturated rings. The first-order chi connectivity index (χ1) is 7.08. The van der Waals surface area contributed by atoms with Gasteiger partial charge in [0.25, 0.3) is 0 Å². The van der Waals surface area contributed by atoms with Crippen LogP contribution in [0.2, 0.25) is 0 Å². The minimum absolute atomic E-state index is 0.353. The van der Waals surface area contributed by atoms with Crippen molar-refractivity contribution >= 4 is 11.5 Å². The molecule has 0 unspecified atom stereocenters. The molecule has 0 atom stereocenters. The van der Waals surface area contributed by atoms with Gasteiger partial charge in [-0.25, -0.2) is 4.79 Å². The quantitative estimate of drug-likeness (QED) is 0.713. The molecule has 78 valence electrons. The Morgan fingerprint density at radius 3 is 2.87 bits per heavy atom. The summed E-state index contributed by atoms with van der Waals surface area (Å²) >= 11 is 0. The van der Waals surface area contributed by atoms with Crippen LogP contribution in [-0.4, -0.2) is 17.7 Å². The van der Waals surface area contributed by atoms with Gasteiger partial charge >= 0.3 is 5.97 Å². The SMILES string of the molecule is Cc1cc(C)c2c(c1)OCC2=CC(=O)O. The van der Waals surface area contributed by atoms with Crippen LogP contribution in [0.25, 0.3) is 5.57 Å². The lowest BCUT2D eigenvalue weighted by atomic mass is 9.99. The molecule has 0 saturated heterocycles. The van der Waals surface area contributed by atoms with Crippen LogP contribution in [0.1, 0.15) is 16.7 Å². The Labute approximate surface area is 88.0 Å². The van der Waals surface area contributed by atoms with Gasteiger partial charge in [0.05, 0.1) is 0 Å². The maximum atomic E-state index is 10.6. The van der Waals surface area contributed by atoms with Crippen molar-refractivity contribution < 1.29 is 14.6 Å². The molecule has 0 aliphatic carbocycles. The van der Waals surface area contributed by atoms with Gasteiger partial charge in [0.2, 0.25) is 0 Å². The number of benzene rings is 1. The highest BCUT2D eigenvalue weighted by atomic mass is 16.5. The van der Waals surface area contributed by atoms with E-state index in [1.165, 1.54) is 6.08 Å². The van der Waals surface area contributed by atoms with Crippen molar-refractivity contribution in [1.29, 1.82) is 0 Å². The maximum Gasteiger partial charge on any atom is 0.328 e. The fourth-order valence-corrected chi connectivity index (χ4v) is 1.94. The molecule has 1 N–H and O–H groups in total. The molecule has 1 aliphatic heterocycles. The average Bonchev–Trinajstić information content (AvgIpc) is 2.46. The summed E-state index contributed by atoms with van der Waals surface area (Å²) in [6, 6.07) is 3.97. The van der Waals surface area contributed by atoms with E-state index in [1.807, 2.05) is 26.0 Å². The summed E-state index contributed by atoms with van der Waals surface area (Å²) in [6.45, 7) is 4.32. The summed E-state index contributed by atoms with van der Waals surface area (Å²) in [4.78, 5) is 10.6. The highest BCUT2D eigenvalue weighted by Gasteiger charge is 2.20. The third-order valence-corrected chi connectivity index (χ3v) is 2.45. The largest absolute Gasteiger partial charge is 0.488 e. The summed E-state index contributed by atoms with van der Waals surface area (Å²) in [5.74, 6) is -0.138. The molecule has 1 heterocycles. The number of hydrogen-bond donors (Lipinski definition) is 1. The summed E-state index contributed by atoms with van der Waals surface area (Å²) in [5.41, 5.74) is 3.87. The number of ether oxygens (including phenoxy) is 1. The van der Waals surface area contributed by atoms with Gasteiger partial charge in [-0.05, 0) is 31.0 Å². The highest BCUT2D eigenvalue weighted by molar-refractivity contribution is 5.93. The van der Waals surface area contributed by atoms with Crippen molar-refractivity contribution in [1.82, 2.24) is 0 Å². The summed E-state index contributed by atoms with van der Waals surface area (Å²) in [6.07, 6.45) is 1.22. The van der Waals surface area contributed by atoms with E-state index < -0.39 is 5.97 Å². The molecule has 0 saturated carbocycles. The molecule has 0 aromatic heterocycles. The normalized spacial score (nSPS) is 16.3. The second-order valence-corrected chi connectivity index (χ2v) is 3.75. The molecule has 1 aliphatic rings. The Hall–Kier alpha value is -1.77. The fourth-order valence-electron chi connectivity index (χ4n) is 1.94. The maximum absolute atomic E-state index is 10.6. The van der Waals surface area contributed by atoms with Crippen molar-refractivity contribution in [3.63, 3.8) is 0 Å². The molecule has 0 bridgehead atoms. The zero-order valence-electron chi connectivity index (χ0n) is 8.70. The Bertz CT molecular complexity index is 458. The molecule has 1 aromatic carbocycles. The van der Waals surface area contributed by atoms with E-state index in [0.717, 1.165) is 28.0 Å². The van der Waals surface area contributed by atoms with Crippen molar-refractivity contribution in [2.45, 2.75) is 13.8 Å². The molecule has 3 nitrogen and oxygen atoms in total. The Morgan fingerprint density at radius 1 is 1.47 bits per heavy atom. The van der Waals surface area contributed by atoms with E-state index in [2.05, 4.69) is 0 Å². The van der Waals surface area contributed by atoms with Gasteiger partial charge in [-0.15, -0.1) is 0 Å². The van der Waals surface area contributed by atoms with Gasteiger partial charge < -0.3 is 9.84 Å². The van der Waals surface area contributed by atoms with Gasteiger partial charge in [-0.2, -0.15) is 0 Å². The number of hydrogen-bond acceptors (Lipinski definition) is 2. The van der Waals surface area contributed by atoms with Gasteiger partial charge in [0, 0.05) is 17.2 Å². The second-order valence-electron chi connectivity index (χ2n) is 3.75. The molecule has 0 radical (unpaired) electrons. The van der Waals surface area contributed by atoms with E-state index >= 15 is 0 Å². The average molecular weight is 204 g/mol. The Balaban J connectivity index is 2.56. The number of aryl methyl sites for hydroxylation is 2. The number of carboxylic acid groups (broad SMARTS) is 1. The Kier molecular flexibility index (Phi) is 2.23. The van der Waals surface area contributed by atoms with Gasteiger partial charge in [-0.3, -0.25) is 0 Å². The van der Waals surface area contributed by atoms with Gasteiger partial charge in [-0.1, -0.05) is 6.07 Å². The summed E-state index contributed by atoms with van der Waals surface area (Å²) in [7, 11) is 0. The predicted octanol–water partition coefficient (Wildman–Crippen LogP) is 2.16. The molecule has 0 amide bonds. The number of carboxylic acids is 1. The lowest BCUT2D eigenvalue weighted by Gasteiger charge is -2.04. The molecule has 0 spiro atoms. The van der Waals surface area contributed by atoms with Crippen LogP contribution >= 0.6 is 0 Å². The molecule has 2 rings (SSSR count). The van der Waals surface area contributed by atoms with Gasteiger partial charge in [0.15, 0.2) is 0 Å². The first-order valence-electron chi connectivity index (χ1n) is 4.76. The highest BCUT2D eigenvalue weighted by Crippen LogP contribution is 2.36. The van der Waals surface area contributed by atoms with Crippen LogP contribution in [0.4, 0.5) is 0 Å². The van der Waals surface area contributed by atoms with E-state index in [-0.39, 0.29) is 0 Å². The third-order valence-electron chi connectivity index (χ3n) is 2.45. The molecular weight excluding hydrogens is 192 g/mol. The van der Waals surface area contributed by atoms with Crippen LogP contribution < -0.4 is 4.74 Å². The van der Waals surface area contributed by atoms with E-state index in [9.17, 15) is 4.79 Å². The minimum atomic E-state index is -0.929. The van der Waals surface area contributed by atoms with E-state index in [4.69, 9.17) is 9.84 Å². The monoisotopic (exact) mass is 204 g/mol. The lowest BCUT2D eigenvalue weighted by Crippen LogP contribution is -1.94. The first-order valence-corrected chi connectivity index (χ1v) is 4.76. The standard InChI is InChI=1S/C12H12O3/c1-7-3-8(2)12-9(5-11(13)14)6-15-10(12)4-7/h3-5H,6H2,1-2H3,(H,13,14). The summed E-state index contributed by atoms with van der Waals surface area (Å²) in [5, 5.41) is 8.71. The van der Waals surface area contributed by atoms with Crippen LogP contribution in [0.3, 0.4) is 0 Å². The number of rotatable bonds is 1. The number of aliphatic carboxylic acids is 1. The van der Waals surface area contributed by atoms with Crippen molar-refractivity contribution in [3.8, 4) is 5.75 Å². The first kappa shape index (κ1) is 9.77. The number of carbonyl (C=O) groups is 1. The van der Waals surface area contributed by atoms with E-state index in [1.54, 1.807) is 0 Å². The fraction of sp³-hybridized carbons (Fsp3) is 0.250. The molecule has 3 heteroatoms. The van der Waals surface area contributed by atoms with Crippen molar-refractivity contribution in [2.75, 3.05) is 6.61 Å². The predicted molar refractivity (Wildman–Crippen MR) is 57.0 cm³/mol. The lowest BCUT2D eigenvalue weighted by molar-refractivity contribution is -0.131. The molecular formula is C12H12O3. The van der Waals surface area contributed by atoms with Crippen LogP contribution in [0.5, 0.6) is 5.75 Å². The van der Waals surface area contributed by atoms with Crippen LogP contribution in [-0.2, 0) is 4.79 Å². The molecule has 1 aromatic rings. The summed E-state index contributed by atoms with van der Waals surface area (Å²) < 4.78 is 5.44. The topological polar surface area (TPSA) is 46.5 Å². The van der Waals surface area contributed by atoms with Gasteiger partial charge in [0.1, 0.15) is 12.4 Å². The molecule has 15 heavy (non-hydrogen) atoms. The minimum Gasteiger partial charge on any atom is -0.488 e. The third kappa shape index (κ3) is 1.73. The van der Waals surface area contributed by atoms with E-state index in [0.29, 0.717) is 6.61 Å². The Morgan fingerprint density at radius 2 is 2.20 bits per heavy atom. The second kappa shape index (κ2) is 3.42. The van der Waals surface area contributed by atoms with Crippen molar-refractivity contribution in [3.05, 3.63) is 34.9 Å². The van der Waals surface area contributed by atoms with Crippen molar-refractivity contribution in [2.24, 2.45) is 0 Å². The zero-order chi connectivity index (χ0) is 11.0. The number of fused-ring (bicyclic) bond motifs is 1. The zero-order valence-corrected chi connectivity index (χ0v) is 8.70. The smallest absolute Gasteiger partial charge is 0.328 e. The van der Waals surface area contributed by atoms with Crippen LogP contribution in [0, 0.1) is 13.8 Å². The van der Waals surface area contributed by atoms with Crippen LogP contribution in [0.15, 0.2) is 18.2 Å².